The number of hydrogen-bond donors (Lipinski definition) is 1. The van der Waals surface area contributed by atoms with E-state index in [4.69, 9.17) is 10.5 Å². The molecule has 1 aliphatic rings. The number of ether oxygens (including phenoxy) is 1. The zero-order valence-corrected chi connectivity index (χ0v) is 8.05. The Morgan fingerprint density at radius 1 is 1.67 bits per heavy atom. The van der Waals surface area contributed by atoms with Crippen LogP contribution in [-0.4, -0.2) is 18.8 Å². The van der Waals surface area contributed by atoms with Crippen LogP contribution in [0.3, 0.4) is 0 Å². The summed E-state index contributed by atoms with van der Waals surface area (Å²) in [5.74, 6) is 0.691. The molecule has 1 aliphatic carbocycles. The van der Waals surface area contributed by atoms with Gasteiger partial charge in [0.1, 0.15) is 0 Å². The van der Waals surface area contributed by atoms with Crippen molar-refractivity contribution in [3.05, 3.63) is 12.2 Å². The highest BCUT2D eigenvalue weighted by Crippen LogP contribution is 2.36. The molecule has 0 bridgehead atoms. The summed E-state index contributed by atoms with van der Waals surface area (Å²) in [5.41, 5.74) is 6.99. The largest absolute Gasteiger partial charge is 0.376 e. The van der Waals surface area contributed by atoms with Crippen LogP contribution in [0, 0.1) is 5.92 Å². The van der Waals surface area contributed by atoms with Gasteiger partial charge in [-0.25, -0.2) is 0 Å². The van der Waals surface area contributed by atoms with Crippen molar-refractivity contribution in [2.24, 2.45) is 11.7 Å². The van der Waals surface area contributed by atoms with Gasteiger partial charge in [0.15, 0.2) is 0 Å². The summed E-state index contributed by atoms with van der Waals surface area (Å²) in [6.07, 6.45) is 2.75. The Labute approximate surface area is 74.8 Å². The third-order valence-electron chi connectivity index (χ3n) is 2.37. The van der Waals surface area contributed by atoms with Crippen LogP contribution in [0.25, 0.3) is 0 Å². The number of rotatable bonds is 5. The van der Waals surface area contributed by atoms with Crippen LogP contribution >= 0.6 is 0 Å². The maximum absolute atomic E-state index is 5.96. The highest BCUT2D eigenvalue weighted by Gasteiger charge is 2.35. The summed E-state index contributed by atoms with van der Waals surface area (Å²) in [6.45, 7) is 8.60. The maximum atomic E-state index is 5.96. The fraction of sp³-hybridized carbons (Fsp3) is 0.800. The van der Waals surface area contributed by atoms with Gasteiger partial charge in [0, 0.05) is 6.61 Å². The van der Waals surface area contributed by atoms with Gasteiger partial charge in [0.25, 0.3) is 0 Å². The third-order valence-corrected chi connectivity index (χ3v) is 2.37. The van der Waals surface area contributed by atoms with Crippen LogP contribution in [0.1, 0.15) is 26.7 Å². The SMILES string of the molecule is C=C(C)C(N)C(OCC)C1CC1. The molecule has 1 fully saturated rings. The van der Waals surface area contributed by atoms with Crippen molar-refractivity contribution in [1.82, 2.24) is 0 Å². The molecule has 0 aromatic heterocycles. The lowest BCUT2D eigenvalue weighted by atomic mass is 10.0. The molecule has 2 unspecified atom stereocenters. The lowest BCUT2D eigenvalue weighted by Gasteiger charge is -2.23. The Balaban J connectivity index is 2.45. The summed E-state index contributed by atoms with van der Waals surface area (Å²) < 4.78 is 5.60. The monoisotopic (exact) mass is 169 g/mol. The molecule has 0 radical (unpaired) electrons. The molecule has 12 heavy (non-hydrogen) atoms. The fourth-order valence-corrected chi connectivity index (χ4v) is 1.43. The fourth-order valence-electron chi connectivity index (χ4n) is 1.43. The smallest absolute Gasteiger partial charge is 0.0792 e. The van der Waals surface area contributed by atoms with Gasteiger partial charge in [-0.05, 0) is 32.6 Å². The Kier molecular flexibility index (Phi) is 3.29. The van der Waals surface area contributed by atoms with Gasteiger partial charge < -0.3 is 10.5 Å². The topological polar surface area (TPSA) is 35.2 Å². The first-order valence-corrected chi connectivity index (χ1v) is 4.69. The first-order valence-electron chi connectivity index (χ1n) is 4.69. The van der Waals surface area contributed by atoms with Crippen molar-refractivity contribution in [3.8, 4) is 0 Å². The van der Waals surface area contributed by atoms with E-state index < -0.39 is 0 Å². The van der Waals surface area contributed by atoms with E-state index in [1.165, 1.54) is 12.8 Å². The highest BCUT2D eigenvalue weighted by molar-refractivity contribution is 5.07. The molecule has 0 aromatic rings. The van der Waals surface area contributed by atoms with Crippen LogP contribution in [0.5, 0.6) is 0 Å². The molecule has 0 spiro atoms. The second-order valence-electron chi connectivity index (χ2n) is 3.63. The first kappa shape index (κ1) is 9.75. The van der Waals surface area contributed by atoms with Crippen molar-refractivity contribution >= 4 is 0 Å². The predicted molar refractivity (Wildman–Crippen MR) is 50.9 cm³/mol. The van der Waals surface area contributed by atoms with Gasteiger partial charge in [0.05, 0.1) is 12.1 Å². The van der Waals surface area contributed by atoms with Crippen LogP contribution in [0.15, 0.2) is 12.2 Å². The zero-order valence-electron chi connectivity index (χ0n) is 8.05. The van der Waals surface area contributed by atoms with Gasteiger partial charge in [-0.2, -0.15) is 0 Å². The van der Waals surface area contributed by atoms with Crippen LogP contribution < -0.4 is 5.73 Å². The van der Waals surface area contributed by atoms with Crippen LogP contribution in [-0.2, 0) is 4.74 Å². The molecule has 0 heterocycles. The third kappa shape index (κ3) is 2.32. The van der Waals surface area contributed by atoms with E-state index in [1.807, 2.05) is 13.8 Å². The van der Waals surface area contributed by atoms with Crippen molar-refractivity contribution < 1.29 is 4.74 Å². The lowest BCUT2D eigenvalue weighted by molar-refractivity contribution is 0.0365. The van der Waals surface area contributed by atoms with E-state index in [2.05, 4.69) is 6.58 Å². The predicted octanol–water partition coefficient (Wildman–Crippen LogP) is 1.70. The molecular weight excluding hydrogens is 150 g/mol. The molecule has 1 saturated carbocycles. The molecule has 2 heteroatoms. The van der Waals surface area contributed by atoms with Crippen molar-refractivity contribution in [3.63, 3.8) is 0 Å². The van der Waals surface area contributed by atoms with Crippen molar-refractivity contribution in [1.29, 1.82) is 0 Å². The Hall–Kier alpha value is -0.340. The van der Waals surface area contributed by atoms with Crippen molar-refractivity contribution in [2.45, 2.75) is 38.8 Å². The van der Waals surface area contributed by atoms with Crippen molar-refractivity contribution in [2.75, 3.05) is 6.61 Å². The first-order chi connectivity index (χ1) is 5.66. The second kappa shape index (κ2) is 4.06. The summed E-state index contributed by atoms with van der Waals surface area (Å²) in [5, 5.41) is 0. The highest BCUT2D eigenvalue weighted by atomic mass is 16.5. The molecule has 2 nitrogen and oxygen atoms in total. The van der Waals surface area contributed by atoms with E-state index in [0.717, 1.165) is 12.2 Å². The second-order valence-corrected chi connectivity index (χ2v) is 3.63. The maximum Gasteiger partial charge on any atom is 0.0792 e. The molecule has 1 rings (SSSR count). The number of nitrogens with two attached hydrogens (primary N) is 1. The van der Waals surface area contributed by atoms with Crippen LogP contribution in [0.2, 0.25) is 0 Å². The molecule has 0 aromatic carbocycles. The molecule has 2 atom stereocenters. The van der Waals surface area contributed by atoms with Gasteiger partial charge in [-0.1, -0.05) is 12.2 Å². The molecule has 70 valence electrons. The lowest BCUT2D eigenvalue weighted by Crippen LogP contribution is -2.39. The molecule has 0 aliphatic heterocycles. The molecule has 2 N–H and O–H groups in total. The van der Waals surface area contributed by atoms with E-state index in [1.54, 1.807) is 0 Å². The summed E-state index contributed by atoms with van der Waals surface area (Å²) >= 11 is 0. The minimum atomic E-state index is 0.0254. The summed E-state index contributed by atoms with van der Waals surface area (Å²) in [4.78, 5) is 0. The van der Waals surface area contributed by atoms with E-state index in [-0.39, 0.29) is 12.1 Å². The summed E-state index contributed by atoms with van der Waals surface area (Å²) in [7, 11) is 0. The minimum absolute atomic E-state index is 0.0254. The quantitative estimate of drug-likeness (QED) is 0.636. The average Bonchev–Trinajstić information content (AvgIpc) is 2.81. The number of hydrogen-bond acceptors (Lipinski definition) is 2. The molecule has 0 saturated heterocycles. The molecular formula is C10H19NO. The van der Waals surface area contributed by atoms with Gasteiger partial charge in [-0.15, -0.1) is 0 Å². The normalized spacial score (nSPS) is 21.9. The Bertz CT molecular complexity index is 163. The standard InChI is InChI=1S/C10H19NO/c1-4-12-10(8-5-6-8)9(11)7(2)3/h8-10H,2,4-6,11H2,1,3H3. The molecule has 0 amide bonds. The van der Waals surface area contributed by atoms with E-state index in [0.29, 0.717) is 5.92 Å². The van der Waals surface area contributed by atoms with Gasteiger partial charge in [0.2, 0.25) is 0 Å². The zero-order chi connectivity index (χ0) is 9.14. The minimum Gasteiger partial charge on any atom is -0.376 e. The summed E-state index contributed by atoms with van der Waals surface area (Å²) in [6, 6.07) is 0.0254. The Morgan fingerprint density at radius 3 is 2.58 bits per heavy atom. The Morgan fingerprint density at radius 2 is 2.25 bits per heavy atom. The van der Waals surface area contributed by atoms with E-state index >= 15 is 0 Å². The average molecular weight is 169 g/mol. The van der Waals surface area contributed by atoms with Crippen LogP contribution in [0.4, 0.5) is 0 Å². The van der Waals surface area contributed by atoms with E-state index in [9.17, 15) is 0 Å². The van der Waals surface area contributed by atoms with Gasteiger partial charge >= 0.3 is 0 Å². The van der Waals surface area contributed by atoms with Gasteiger partial charge in [-0.3, -0.25) is 0 Å².